The highest BCUT2D eigenvalue weighted by Crippen LogP contribution is 2.30. The molecule has 4 nitrogen and oxygen atoms in total. The van der Waals surface area contributed by atoms with Crippen molar-refractivity contribution in [2.24, 2.45) is 5.92 Å². The summed E-state index contributed by atoms with van der Waals surface area (Å²) in [5.41, 5.74) is 3.90. The van der Waals surface area contributed by atoms with Gasteiger partial charge in [0, 0.05) is 23.7 Å². The molecular weight excluding hydrogens is 312 g/mol. The standard InChI is InChI=1S/C21H24N2O2/c1-2-15-6-8-16(9-7-15)10-13-20(24)22-18-4-3-5-19(14-18)23-21(25)17-11-12-17/h3-9,14,17H,2,10-13H2,1H3,(H,22,24)(H,23,25). The van der Waals surface area contributed by atoms with E-state index in [4.69, 9.17) is 0 Å². The van der Waals surface area contributed by atoms with Gasteiger partial charge in [-0.1, -0.05) is 37.3 Å². The van der Waals surface area contributed by atoms with Crippen molar-refractivity contribution in [1.82, 2.24) is 0 Å². The maximum atomic E-state index is 12.2. The van der Waals surface area contributed by atoms with Gasteiger partial charge in [0.05, 0.1) is 0 Å². The summed E-state index contributed by atoms with van der Waals surface area (Å²) in [6.45, 7) is 2.13. The van der Waals surface area contributed by atoms with Crippen molar-refractivity contribution in [3.05, 3.63) is 59.7 Å². The molecule has 0 unspecified atom stereocenters. The molecule has 0 aliphatic heterocycles. The zero-order valence-electron chi connectivity index (χ0n) is 14.5. The van der Waals surface area contributed by atoms with Crippen LogP contribution in [0.1, 0.15) is 37.3 Å². The molecule has 0 saturated heterocycles. The summed E-state index contributed by atoms with van der Waals surface area (Å²) >= 11 is 0. The summed E-state index contributed by atoms with van der Waals surface area (Å²) < 4.78 is 0. The zero-order chi connectivity index (χ0) is 17.6. The fraction of sp³-hybridized carbons (Fsp3) is 0.333. The molecule has 1 fully saturated rings. The Bertz CT molecular complexity index is 749. The minimum Gasteiger partial charge on any atom is -0.326 e. The van der Waals surface area contributed by atoms with Crippen molar-refractivity contribution in [1.29, 1.82) is 0 Å². The third-order valence-corrected chi connectivity index (χ3v) is 4.43. The van der Waals surface area contributed by atoms with E-state index in [0.29, 0.717) is 18.5 Å². The van der Waals surface area contributed by atoms with E-state index in [9.17, 15) is 9.59 Å². The van der Waals surface area contributed by atoms with Gasteiger partial charge in [0.25, 0.3) is 0 Å². The van der Waals surface area contributed by atoms with Gasteiger partial charge in [-0.15, -0.1) is 0 Å². The van der Waals surface area contributed by atoms with Crippen molar-refractivity contribution in [3.8, 4) is 0 Å². The molecule has 3 rings (SSSR count). The van der Waals surface area contributed by atoms with Gasteiger partial charge >= 0.3 is 0 Å². The van der Waals surface area contributed by atoms with Crippen LogP contribution in [0.5, 0.6) is 0 Å². The Hall–Kier alpha value is -2.62. The van der Waals surface area contributed by atoms with E-state index in [1.165, 1.54) is 5.56 Å². The summed E-state index contributed by atoms with van der Waals surface area (Å²) in [7, 11) is 0. The smallest absolute Gasteiger partial charge is 0.227 e. The van der Waals surface area contributed by atoms with E-state index in [1.807, 2.05) is 18.2 Å². The molecule has 1 aliphatic rings. The van der Waals surface area contributed by atoms with Gasteiger partial charge in [-0.2, -0.15) is 0 Å². The highest BCUT2D eigenvalue weighted by atomic mass is 16.2. The topological polar surface area (TPSA) is 58.2 Å². The summed E-state index contributed by atoms with van der Waals surface area (Å²) in [6.07, 6.45) is 4.12. The highest BCUT2D eigenvalue weighted by Gasteiger charge is 2.29. The van der Waals surface area contributed by atoms with Gasteiger partial charge in [0.15, 0.2) is 0 Å². The van der Waals surface area contributed by atoms with Crippen LogP contribution in [0.4, 0.5) is 11.4 Å². The fourth-order valence-corrected chi connectivity index (χ4v) is 2.69. The summed E-state index contributed by atoms with van der Waals surface area (Å²) in [4.78, 5) is 24.0. The molecule has 4 heteroatoms. The Morgan fingerprint density at radius 1 is 0.960 bits per heavy atom. The number of amides is 2. The van der Waals surface area contributed by atoms with E-state index in [2.05, 4.69) is 41.8 Å². The first-order chi connectivity index (χ1) is 12.1. The Morgan fingerprint density at radius 3 is 2.24 bits per heavy atom. The molecule has 0 bridgehead atoms. The SMILES string of the molecule is CCc1ccc(CCC(=O)Nc2cccc(NC(=O)C3CC3)c2)cc1. The molecule has 2 aromatic rings. The van der Waals surface area contributed by atoms with Gasteiger partial charge in [-0.05, 0) is 55.0 Å². The largest absolute Gasteiger partial charge is 0.326 e. The van der Waals surface area contributed by atoms with Gasteiger partial charge in [0.2, 0.25) is 11.8 Å². The predicted octanol–water partition coefficient (Wildman–Crippen LogP) is 4.17. The van der Waals surface area contributed by atoms with E-state index in [1.54, 1.807) is 6.07 Å². The molecule has 2 aromatic carbocycles. The molecule has 2 N–H and O–H groups in total. The van der Waals surface area contributed by atoms with Crippen LogP contribution in [0.25, 0.3) is 0 Å². The first-order valence-electron chi connectivity index (χ1n) is 8.92. The average molecular weight is 336 g/mol. The lowest BCUT2D eigenvalue weighted by Gasteiger charge is -2.09. The van der Waals surface area contributed by atoms with E-state index in [0.717, 1.165) is 30.5 Å². The molecule has 0 heterocycles. The molecular formula is C21H24N2O2. The molecule has 2 amide bonds. The lowest BCUT2D eigenvalue weighted by molar-refractivity contribution is -0.117. The lowest BCUT2D eigenvalue weighted by atomic mass is 10.1. The second-order valence-electron chi connectivity index (χ2n) is 6.56. The number of carbonyl (C=O) groups is 2. The van der Waals surface area contributed by atoms with Gasteiger partial charge in [-0.3, -0.25) is 9.59 Å². The van der Waals surface area contributed by atoms with E-state index in [-0.39, 0.29) is 17.7 Å². The summed E-state index contributed by atoms with van der Waals surface area (Å²) in [5, 5.41) is 5.80. The van der Waals surface area contributed by atoms with Crippen LogP contribution in [0.15, 0.2) is 48.5 Å². The van der Waals surface area contributed by atoms with Crippen LogP contribution in [0.3, 0.4) is 0 Å². The third-order valence-electron chi connectivity index (χ3n) is 4.43. The Kier molecular flexibility index (Phi) is 5.49. The molecule has 0 spiro atoms. The summed E-state index contributed by atoms with van der Waals surface area (Å²) in [6, 6.07) is 15.7. The van der Waals surface area contributed by atoms with E-state index >= 15 is 0 Å². The number of rotatable bonds is 7. The Labute approximate surface area is 148 Å². The normalized spacial score (nSPS) is 13.3. The van der Waals surface area contributed by atoms with Gasteiger partial charge in [0.1, 0.15) is 0 Å². The van der Waals surface area contributed by atoms with Crippen LogP contribution in [-0.2, 0) is 22.4 Å². The average Bonchev–Trinajstić information content (AvgIpc) is 3.46. The maximum absolute atomic E-state index is 12.2. The van der Waals surface area contributed by atoms with Crippen LogP contribution >= 0.6 is 0 Å². The minimum atomic E-state index is -0.0229. The van der Waals surface area contributed by atoms with E-state index < -0.39 is 0 Å². The van der Waals surface area contributed by atoms with Crippen molar-refractivity contribution >= 4 is 23.2 Å². The molecule has 25 heavy (non-hydrogen) atoms. The molecule has 0 radical (unpaired) electrons. The predicted molar refractivity (Wildman–Crippen MR) is 101 cm³/mol. The van der Waals surface area contributed by atoms with Crippen LogP contribution in [0, 0.1) is 5.92 Å². The van der Waals surface area contributed by atoms with Crippen molar-refractivity contribution < 1.29 is 9.59 Å². The molecule has 0 aromatic heterocycles. The molecule has 0 atom stereocenters. The first-order valence-corrected chi connectivity index (χ1v) is 8.92. The van der Waals surface area contributed by atoms with Crippen molar-refractivity contribution in [2.45, 2.75) is 39.0 Å². The van der Waals surface area contributed by atoms with Crippen LogP contribution in [-0.4, -0.2) is 11.8 Å². The second-order valence-corrected chi connectivity index (χ2v) is 6.56. The minimum absolute atomic E-state index is 0.0229. The molecule has 1 aliphatic carbocycles. The Balaban J connectivity index is 1.50. The number of hydrogen-bond acceptors (Lipinski definition) is 2. The summed E-state index contributed by atoms with van der Waals surface area (Å²) in [5.74, 6) is 0.210. The third kappa shape index (κ3) is 5.18. The highest BCUT2D eigenvalue weighted by molar-refractivity contribution is 5.96. The number of hydrogen-bond donors (Lipinski definition) is 2. The molecule has 130 valence electrons. The van der Waals surface area contributed by atoms with Gasteiger partial charge in [-0.25, -0.2) is 0 Å². The number of benzene rings is 2. The van der Waals surface area contributed by atoms with Crippen LogP contribution < -0.4 is 10.6 Å². The zero-order valence-corrected chi connectivity index (χ0v) is 14.5. The van der Waals surface area contributed by atoms with Crippen LogP contribution in [0.2, 0.25) is 0 Å². The monoisotopic (exact) mass is 336 g/mol. The fourth-order valence-electron chi connectivity index (χ4n) is 2.69. The molecule has 1 saturated carbocycles. The quantitative estimate of drug-likeness (QED) is 0.797. The Morgan fingerprint density at radius 2 is 1.60 bits per heavy atom. The lowest BCUT2D eigenvalue weighted by Crippen LogP contribution is -2.15. The second kappa shape index (κ2) is 7.97. The maximum Gasteiger partial charge on any atom is 0.227 e. The van der Waals surface area contributed by atoms with Crippen molar-refractivity contribution in [3.63, 3.8) is 0 Å². The number of carbonyl (C=O) groups excluding carboxylic acids is 2. The number of aryl methyl sites for hydroxylation is 2. The number of nitrogens with one attached hydrogen (secondary N) is 2. The van der Waals surface area contributed by atoms with Gasteiger partial charge < -0.3 is 10.6 Å². The van der Waals surface area contributed by atoms with Crippen molar-refractivity contribution in [2.75, 3.05) is 10.6 Å². The first kappa shape index (κ1) is 17.2. The number of anilines is 2.